The third-order valence-electron chi connectivity index (χ3n) is 3.58. The average Bonchev–Trinajstić information content (AvgIpc) is 2.40. The van der Waals surface area contributed by atoms with Gasteiger partial charge in [0.2, 0.25) is 5.88 Å². The zero-order valence-corrected chi connectivity index (χ0v) is 11.0. The van der Waals surface area contributed by atoms with Crippen molar-refractivity contribution in [3.63, 3.8) is 0 Å². The van der Waals surface area contributed by atoms with E-state index in [0.717, 1.165) is 37.8 Å². The van der Waals surface area contributed by atoms with Gasteiger partial charge in [0.1, 0.15) is 0 Å². The molecule has 1 aromatic rings. The van der Waals surface area contributed by atoms with Crippen molar-refractivity contribution in [3.05, 3.63) is 23.9 Å². The summed E-state index contributed by atoms with van der Waals surface area (Å²) >= 11 is 0. The molecule has 1 aromatic heterocycles. The zero-order chi connectivity index (χ0) is 12.8. The van der Waals surface area contributed by atoms with Crippen molar-refractivity contribution in [1.29, 1.82) is 0 Å². The summed E-state index contributed by atoms with van der Waals surface area (Å²) in [7, 11) is 1.62. The van der Waals surface area contributed by atoms with Crippen LogP contribution in [-0.2, 0) is 6.54 Å². The molecule has 2 rings (SSSR count). The maximum Gasteiger partial charge on any atom is 0.213 e. The van der Waals surface area contributed by atoms with Gasteiger partial charge in [0.15, 0.2) is 0 Å². The minimum Gasteiger partial charge on any atom is -0.481 e. The summed E-state index contributed by atoms with van der Waals surface area (Å²) in [5, 5.41) is 13.7. The van der Waals surface area contributed by atoms with Crippen LogP contribution in [0.2, 0.25) is 0 Å². The van der Waals surface area contributed by atoms with Crippen molar-refractivity contribution < 1.29 is 9.84 Å². The minimum absolute atomic E-state index is 0.505. The molecule has 18 heavy (non-hydrogen) atoms. The maximum absolute atomic E-state index is 10.4. The van der Waals surface area contributed by atoms with Gasteiger partial charge < -0.3 is 15.2 Å². The SMILES string of the molecule is COc1cc(CNCC2(O)CCCCC2)ccn1. The Bertz CT molecular complexity index is 376. The molecule has 0 bridgehead atoms. The quantitative estimate of drug-likeness (QED) is 0.837. The minimum atomic E-state index is -0.505. The van der Waals surface area contributed by atoms with Gasteiger partial charge in [0.05, 0.1) is 12.7 Å². The van der Waals surface area contributed by atoms with Gasteiger partial charge in [-0.2, -0.15) is 0 Å². The Balaban J connectivity index is 1.80. The van der Waals surface area contributed by atoms with E-state index in [1.54, 1.807) is 13.3 Å². The van der Waals surface area contributed by atoms with Gasteiger partial charge in [-0.1, -0.05) is 19.3 Å². The lowest BCUT2D eigenvalue weighted by atomic mass is 9.85. The van der Waals surface area contributed by atoms with E-state index in [9.17, 15) is 5.11 Å². The summed E-state index contributed by atoms with van der Waals surface area (Å²) < 4.78 is 5.08. The topological polar surface area (TPSA) is 54.4 Å². The van der Waals surface area contributed by atoms with Gasteiger partial charge in [-0.3, -0.25) is 0 Å². The molecule has 1 fully saturated rings. The molecule has 0 amide bonds. The lowest BCUT2D eigenvalue weighted by molar-refractivity contribution is 0.00467. The maximum atomic E-state index is 10.4. The Morgan fingerprint density at radius 2 is 2.17 bits per heavy atom. The molecule has 1 saturated carbocycles. The highest BCUT2D eigenvalue weighted by atomic mass is 16.5. The second kappa shape index (κ2) is 6.16. The number of rotatable bonds is 5. The van der Waals surface area contributed by atoms with Gasteiger partial charge in [-0.25, -0.2) is 4.98 Å². The van der Waals surface area contributed by atoms with Crippen molar-refractivity contribution >= 4 is 0 Å². The number of ether oxygens (including phenoxy) is 1. The van der Waals surface area contributed by atoms with Crippen LogP contribution in [0.4, 0.5) is 0 Å². The Morgan fingerprint density at radius 1 is 1.39 bits per heavy atom. The fraction of sp³-hybridized carbons (Fsp3) is 0.643. The number of pyridine rings is 1. The second-order valence-electron chi connectivity index (χ2n) is 5.10. The molecular weight excluding hydrogens is 228 g/mol. The fourth-order valence-corrected chi connectivity index (χ4v) is 2.50. The highest BCUT2D eigenvalue weighted by Crippen LogP contribution is 2.27. The highest BCUT2D eigenvalue weighted by molar-refractivity contribution is 5.20. The Hall–Kier alpha value is -1.13. The largest absolute Gasteiger partial charge is 0.481 e. The Labute approximate surface area is 108 Å². The first-order chi connectivity index (χ1) is 8.72. The summed E-state index contributed by atoms with van der Waals surface area (Å²) in [5.41, 5.74) is 0.622. The van der Waals surface area contributed by atoms with E-state index in [1.807, 2.05) is 12.1 Å². The first-order valence-corrected chi connectivity index (χ1v) is 6.64. The lowest BCUT2D eigenvalue weighted by Crippen LogP contribution is -2.41. The fourth-order valence-electron chi connectivity index (χ4n) is 2.50. The molecule has 0 aliphatic heterocycles. The van der Waals surface area contributed by atoms with E-state index in [4.69, 9.17) is 4.74 Å². The number of methoxy groups -OCH3 is 1. The Kier molecular flexibility index (Phi) is 4.55. The standard InChI is InChI=1S/C14H22N2O2/c1-18-13-9-12(5-8-16-13)10-15-11-14(17)6-3-2-4-7-14/h5,8-9,15,17H,2-4,6-7,10-11H2,1H3. The average molecular weight is 250 g/mol. The van der Waals surface area contributed by atoms with Crippen LogP contribution in [0.5, 0.6) is 5.88 Å². The molecule has 1 aliphatic carbocycles. The molecule has 2 N–H and O–H groups in total. The molecule has 0 radical (unpaired) electrons. The molecule has 4 nitrogen and oxygen atoms in total. The molecule has 0 spiro atoms. The van der Waals surface area contributed by atoms with E-state index in [-0.39, 0.29) is 0 Å². The van der Waals surface area contributed by atoms with Crippen molar-refractivity contribution in [2.45, 2.75) is 44.2 Å². The molecule has 100 valence electrons. The number of hydrogen-bond acceptors (Lipinski definition) is 4. The summed E-state index contributed by atoms with van der Waals surface area (Å²) in [6.45, 7) is 1.40. The van der Waals surface area contributed by atoms with E-state index in [1.165, 1.54) is 6.42 Å². The third kappa shape index (κ3) is 3.68. The van der Waals surface area contributed by atoms with Crippen LogP contribution >= 0.6 is 0 Å². The van der Waals surface area contributed by atoms with Crippen LogP contribution in [0.1, 0.15) is 37.7 Å². The number of aliphatic hydroxyl groups is 1. The molecule has 1 heterocycles. The van der Waals surface area contributed by atoms with Crippen molar-refractivity contribution in [2.75, 3.05) is 13.7 Å². The molecule has 0 atom stereocenters. The number of aromatic nitrogens is 1. The van der Waals surface area contributed by atoms with Gasteiger partial charge >= 0.3 is 0 Å². The van der Waals surface area contributed by atoms with Crippen molar-refractivity contribution in [1.82, 2.24) is 10.3 Å². The second-order valence-corrected chi connectivity index (χ2v) is 5.10. The van der Waals surface area contributed by atoms with Crippen molar-refractivity contribution in [2.24, 2.45) is 0 Å². The monoisotopic (exact) mass is 250 g/mol. The van der Waals surface area contributed by atoms with E-state index in [0.29, 0.717) is 12.4 Å². The van der Waals surface area contributed by atoms with Crippen LogP contribution in [0, 0.1) is 0 Å². The first kappa shape index (κ1) is 13.3. The summed E-state index contributed by atoms with van der Waals surface area (Å²) in [6.07, 6.45) is 7.11. The molecule has 0 unspecified atom stereocenters. The van der Waals surface area contributed by atoms with E-state index < -0.39 is 5.60 Å². The van der Waals surface area contributed by atoms with Crippen LogP contribution in [0.3, 0.4) is 0 Å². The zero-order valence-electron chi connectivity index (χ0n) is 11.0. The summed E-state index contributed by atoms with van der Waals surface area (Å²) in [4.78, 5) is 4.07. The number of nitrogens with zero attached hydrogens (tertiary/aromatic N) is 1. The Morgan fingerprint density at radius 3 is 2.89 bits per heavy atom. The third-order valence-corrected chi connectivity index (χ3v) is 3.58. The lowest BCUT2D eigenvalue weighted by Gasteiger charge is -2.32. The van der Waals surface area contributed by atoms with Gasteiger partial charge in [0.25, 0.3) is 0 Å². The number of nitrogens with one attached hydrogen (secondary N) is 1. The number of hydrogen-bond donors (Lipinski definition) is 2. The van der Waals surface area contributed by atoms with Crippen LogP contribution in [0.25, 0.3) is 0 Å². The van der Waals surface area contributed by atoms with Crippen LogP contribution in [0.15, 0.2) is 18.3 Å². The normalized spacial score (nSPS) is 18.6. The molecule has 0 aromatic carbocycles. The summed E-state index contributed by atoms with van der Waals surface area (Å²) in [5.74, 6) is 0.630. The predicted molar refractivity (Wildman–Crippen MR) is 70.5 cm³/mol. The van der Waals surface area contributed by atoms with E-state index in [2.05, 4.69) is 10.3 Å². The van der Waals surface area contributed by atoms with Gasteiger partial charge in [-0.15, -0.1) is 0 Å². The molecule has 0 saturated heterocycles. The van der Waals surface area contributed by atoms with Crippen LogP contribution < -0.4 is 10.1 Å². The van der Waals surface area contributed by atoms with Gasteiger partial charge in [-0.05, 0) is 24.5 Å². The summed E-state index contributed by atoms with van der Waals surface area (Å²) in [6, 6.07) is 3.87. The molecule has 1 aliphatic rings. The molecular formula is C14H22N2O2. The van der Waals surface area contributed by atoms with Crippen LogP contribution in [-0.4, -0.2) is 29.3 Å². The highest BCUT2D eigenvalue weighted by Gasteiger charge is 2.28. The smallest absolute Gasteiger partial charge is 0.213 e. The van der Waals surface area contributed by atoms with Crippen molar-refractivity contribution in [3.8, 4) is 5.88 Å². The van der Waals surface area contributed by atoms with Gasteiger partial charge in [0, 0.05) is 25.4 Å². The first-order valence-electron chi connectivity index (χ1n) is 6.64. The van der Waals surface area contributed by atoms with E-state index >= 15 is 0 Å². The molecule has 4 heteroatoms. The predicted octanol–water partition coefficient (Wildman–Crippen LogP) is 1.87.